The van der Waals surface area contributed by atoms with Crippen molar-refractivity contribution in [1.82, 2.24) is 10.2 Å². The standard InChI is InChI=1S/C20H26N4O2S/c1-6-20(4,5)18(26)21-19-23-22-17(27-19)14-10-16(25)24(11-14)15-8-12(2)7-13(3)9-15/h7-9,14H,6,10-11H2,1-5H3,(H,21,23,26). The summed E-state index contributed by atoms with van der Waals surface area (Å²) in [6, 6.07) is 6.16. The van der Waals surface area contributed by atoms with E-state index in [0.29, 0.717) is 18.1 Å². The second-order valence-corrected chi connectivity index (χ2v) is 8.90. The number of anilines is 2. The van der Waals surface area contributed by atoms with E-state index in [-0.39, 0.29) is 17.7 Å². The smallest absolute Gasteiger partial charge is 0.231 e. The van der Waals surface area contributed by atoms with Gasteiger partial charge in [-0.2, -0.15) is 0 Å². The van der Waals surface area contributed by atoms with Gasteiger partial charge in [0.05, 0.1) is 0 Å². The van der Waals surface area contributed by atoms with Gasteiger partial charge in [0, 0.05) is 30.0 Å². The maximum absolute atomic E-state index is 12.5. The molecule has 1 aliphatic heterocycles. The molecule has 3 rings (SSSR count). The van der Waals surface area contributed by atoms with E-state index in [4.69, 9.17) is 0 Å². The Morgan fingerprint density at radius 1 is 1.26 bits per heavy atom. The van der Waals surface area contributed by atoms with Crippen LogP contribution in [0.15, 0.2) is 18.2 Å². The van der Waals surface area contributed by atoms with Crippen molar-refractivity contribution in [3.63, 3.8) is 0 Å². The summed E-state index contributed by atoms with van der Waals surface area (Å²) in [6.07, 6.45) is 1.16. The predicted molar refractivity (Wildman–Crippen MR) is 108 cm³/mol. The van der Waals surface area contributed by atoms with Crippen molar-refractivity contribution in [2.45, 2.75) is 53.4 Å². The zero-order valence-electron chi connectivity index (χ0n) is 16.5. The Morgan fingerprint density at radius 2 is 1.93 bits per heavy atom. The third kappa shape index (κ3) is 4.18. The molecular weight excluding hydrogens is 360 g/mol. The van der Waals surface area contributed by atoms with Gasteiger partial charge in [-0.1, -0.05) is 38.2 Å². The van der Waals surface area contributed by atoms with Crippen LogP contribution in [-0.4, -0.2) is 28.6 Å². The Kier molecular flexibility index (Phi) is 5.33. The van der Waals surface area contributed by atoms with E-state index >= 15 is 0 Å². The third-order valence-electron chi connectivity index (χ3n) is 5.15. The van der Waals surface area contributed by atoms with Crippen LogP contribution < -0.4 is 10.2 Å². The Labute approximate surface area is 164 Å². The quantitative estimate of drug-likeness (QED) is 0.841. The van der Waals surface area contributed by atoms with Crippen LogP contribution in [-0.2, 0) is 9.59 Å². The molecule has 0 spiro atoms. The molecule has 1 N–H and O–H groups in total. The van der Waals surface area contributed by atoms with Crippen molar-refractivity contribution in [2.24, 2.45) is 5.41 Å². The molecule has 1 aliphatic rings. The lowest BCUT2D eigenvalue weighted by molar-refractivity contribution is -0.124. The van der Waals surface area contributed by atoms with Crippen molar-refractivity contribution in [1.29, 1.82) is 0 Å². The fraction of sp³-hybridized carbons (Fsp3) is 0.500. The minimum Gasteiger partial charge on any atom is -0.312 e. The van der Waals surface area contributed by atoms with Crippen molar-refractivity contribution >= 4 is 34.0 Å². The number of aryl methyl sites for hydroxylation is 2. The minimum absolute atomic E-state index is 0.000607. The molecule has 1 unspecified atom stereocenters. The summed E-state index contributed by atoms with van der Waals surface area (Å²) in [5, 5.41) is 12.5. The fourth-order valence-corrected chi connectivity index (χ4v) is 3.94. The van der Waals surface area contributed by atoms with Crippen LogP contribution in [0, 0.1) is 19.3 Å². The lowest BCUT2D eigenvalue weighted by Gasteiger charge is -2.20. The third-order valence-corrected chi connectivity index (χ3v) is 6.15. The maximum atomic E-state index is 12.5. The first-order chi connectivity index (χ1) is 12.7. The van der Waals surface area contributed by atoms with Gasteiger partial charge in [0.2, 0.25) is 16.9 Å². The predicted octanol–water partition coefficient (Wildman–Crippen LogP) is 4.05. The van der Waals surface area contributed by atoms with Crippen molar-refractivity contribution in [3.05, 3.63) is 34.3 Å². The van der Waals surface area contributed by atoms with Crippen LogP contribution in [0.4, 0.5) is 10.8 Å². The number of rotatable bonds is 5. The largest absolute Gasteiger partial charge is 0.312 e. The van der Waals surface area contributed by atoms with Gasteiger partial charge in [-0.15, -0.1) is 10.2 Å². The summed E-state index contributed by atoms with van der Waals surface area (Å²) in [5.74, 6) is 0.0330. The van der Waals surface area contributed by atoms with E-state index in [9.17, 15) is 9.59 Å². The Morgan fingerprint density at radius 3 is 2.56 bits per heavy atom. The fourth-order valence-electron chi connectivity index (χ4n) is 3.11. The highest BCUT2D eigenvalue weighted by atomic mass is 32.1. The van der Waals surface area contributed by atoms with Gasteiger partial charge in [0.25, 0.3) is 0 Å². The summed E-state index contributed by atoms with van der Waals surface area (Å²) in [4.78, 5) is 26.7. The molecule has 0 bridgehead atoms. The number of nitrogens with one attached hydrogen (secondary N) is 1. The van der Waals surface area contributed by atoms with E-state index in [1.54, 1.807) is 0 Å². The molecule has 0 saturated carbocycles. The number of hydrogen-bond acceptors (Lipinski definition) is 5. The first-order valence-electron chi connectivity index (χ1n) is 9.23. The molecule has 1 saturated heterocycles. The topological polar surface area (TPSA) is 75.2 Å². The summed E-state index contributed by atoms with van der Waals surface area (Å²) < 4.78 is 0. The van der Waals surface area contributed by atoms with Gasteiger partial charge in [-0.25, -0.2) is 0 Å². The normalized spacial score (nSPS) is 17.4. The second-order valence-electron chi connectivity index (χ2n) is 7.89. The van der Waals surface area contributed by atoms with Gasteiger partial charge >= 0.3 is 0 Å². The highest BCUT2D eigenvalue weighted by Crippen LogP contribution is 2.35. The average molecular weight is 387 g/mol. The highest BCUT2D eigenvalue weighted by Gasteiger charge is 2.34. The molecule has 6 nitrogen and oxygen atoms in total. The van der Waals surface area contributed by atoms with Gasteiger partial charge in [0.1, 0.15) is 5.01 Å². The van der Waals surface area contributed by atoms with E-state index in [1.165, 1.54) is 11.3 Å². The summed E-state index contributed by atoms with van der Waals surface area (Å²) in [6.45, 7) is 10.4. The summed E-state index contributed by atoms with van der Waals surface area (Å²) >= 11 is 1.36. The molecule has 1 atom stereocenters. The van der Waals surface area contributed by atoms with Gasteiger partial charge in [-0.05, 0) is 43.5 Å². The van der Waals surface area contributed by atoms with Crippen molar-refractivity contribution < 1.29 is 9.59 Å². The number of aromatic nitrogens is 2. The minimum atomic E-state index is -0.449. The van der Waals surface area contributed by atoms with E-state index < -0.39 is 5.41 Å². The van der Waals surface area contributed by atoms with E-state index in [1.807, 2.05) is 51.7 Å². The Bertz CT molecular complexity index is 854. The Balaban J connectivity index is 1.73. The van der Waals surface area contributed by atoms with Crippen molar-refractivity contribution in [2.75, 3.05) is 16.8 Å². The number of carbonyl (C=O) groups excluding carboxylic acids is 2. The van der Waals surface area contributed by atoms with Crippen LogP contribution in [0.2, 0.25) is 0 Å². The molecule has 0 aliphatic carbocycles. The van der Waals surface area contributed by atoms with Crippen LogP contribution in [0.3, 0.4) is 0 Å². The molecule has 1 aromatic heterocycles. The summed E-state index contributed by atoms with van der Waals surface area (Å²) in [5.41, 5.74) is 2.76. The molecule has 7 heteroatoms. The van der Waals surface area contributed by atoms with Crippen LogP contribution in [0.5, 0.6) is 0 Å². The van der Waals surface area contributed by atoms with Crippen LogP contribution in [0.25, 0.3) is 0 Å². The molecule has 144 valence electrons. The van der Waals surface area contributed by atoms with E-state index in [2.05, 4.69) is 21.6 Å². The highest BCUT2D eigenvalue weighted by molar-refractivity contribution is 7.15. The first kappa shape index (κ1) is 19.5. The number of benzene rings is 1. The van der Waals surface area contributed by atoms with Gasteiger partial charge in [0.15, 0.2) is 0 Å². The van der Waals surface area contributed by atoms with Crippen molar-refractivity contribution in [3.8, 4) is 0 Å². The number of carbonyl (C=O) groups is 2. The molecule has 2 amide bonds. The number of hydrogen-bond donors (Lipinski definition) is 1. The van der Waals surface area contributed by atoms with Crippen LogP contribution >= 0.6 is 11.3 Å². The molecule has 0 radical (unpaired) electrons. The molecule has 1 aromatic carbocycles. The zero-order chi connectivity index (χ0) is 19.8. The lowest BCUT2D eigenvalue weighted by atomic mass is 9.89. The maximum Gasteiger partial charge on any atom is 0.231 e. The van der Waals surface area contributed by atoms with Gasteiger partial charge in [-0.3, -0.25) is 9.59 Å². The van der Waals surface area contributed by atoms with Gasteiger partial charge < -0.3 is 10.2 Å². The second kappa shape index (κ2) is 7.38. The van der Waals surface area contributed by atoms with Crippen LogP contribution in [0.1, 0.15) is 55.7 Å². The number of nitrogens with zero attached hydrogens (tertiary/aromatic N) is 3. The Hall–Kier alpha value is -2.28. The average Bonchev–Trinajstić information content (AvgIpc) is 3.20. The summed E-state index contributed by atoms with van der Waals surface area (Å²) in [7, 11) is 0. The molecule has 1 fully saturated rings. The molecule has 2 heterocycles. The molecule has 2 aromatic rings. The number of amides is 2. The molecular formula is C20H26N4O2S. The van der Waals surface area contributed by atoms with E-state index in [0.717, 1.165) is 28.2 Å². The molecule has 27 heavy (non-hydrogen) atoms. The lowest BCUT2D eigenvalue weighted by Crippen LogP contribution is -2.29. The monoisotopic (exact) mass is 386 g/mol. The SMILES string of the molecule is CCC(C)(C)C(=O)Nc1nnc(C2CC(=O)N(c3cc(C)cc(C)c3)C2)s1. The zero-order valence-corrected chi connectivity index (χ0v) is 17.3. The first-order valence-corrected chi connectivity index (χ1v) is 10.0.